The van der Waals surface area contributed by atoms with E-state index in [0.29, 0.717) is 27.9 Å². The van der Waals surface area contributed by atoms with Crippen LogP contribution >= 0.6 is 11.3 Å². The van der Waals surface area contributed by atoms with Gasteiger partial charge >= 0.3 is 0 Å². The highest BCUT2D eigenvalue weighted by molar-refractivity contribution is 7.16. The number of carbonyl (C=O) groups is 1. The standard InChI is InChI=1S/C23H26N2O5S/c1-6-7-19-20(14-8-10-16(27-2)11-9-14)24-23(31-19)25-22(26)15-12-17(28-3)21(30-5)18(13-15)29-4/h8-13H,6-7H2,1-5H3,(H,24,25,26). The van der Waals surface area contributed by atoms with E-state index in [-0.39, 0.29) is 5.91 Å². The quantitative estimate of drug-likeness (QED) is 0.500. The maximum absolute atomic E-state index is 12.9. The van der Waals surface area contributed by atoms with Gasteiger partial charge in [-0.3, -0.25) is 10.1 Å². The second-order valence-corrected chi connectivity index (χ2v) is 7.72. The fourth-order valence-electron chi connectivity index (χ4n) is 3.16. The van der Waals surface area contributed by atoms with Crippen LogP contribution in [0.2, 0.25) is 0 Å². The molecule has 1 N–H and O–H groups in total. The highest BCUT2D eigenvalue weighted by atomic mass is 32.1. The molecule has 0 fully saturated rings. The third-order valence-corrected chi connectivity index (χ3v) is 5.72. The molecule has 0 bridgehead atoms. The molecule has 1 heterocycles. The predicted octanol–water partition coefficient (Wildman–Crippen LogP) is 5.05. The van der Waals surface area contributed by atoms with Gasteiger partial charge in [0.25, 0.3) is 5.91 Å². The van der Waals surface area contributed by atoms with Gasteiger partial charge in [0, 0.05) is 16.0 Å². The van der Waals surface area contributed by atoms with Crippen molar-refractivity contribution in [3.05, 3.63) is 46.8 Å². The maximum Gasteiger partial charge on any atom is 0.257 e. The van der Waals surface area contributed by atoms with Gasteiger partial charge in [0.05, 0.1) is 34.1 Å². The number of hydrogen-bond acceptors (Lipinski definition) is 7. The summed E-state index contributed by atoms with van der Waals surface area (Å²) < 4.78 is 21.2. The van der Waals surface area contributed by atoms with Crippen molar-refractivity contribution in [2.24, 2.45) is 0 Å². The molecule has 0 aliphatic rings. The Kier molecular flexibility index (Phi) is 7.36. The number of aromatic nitrogens is 1. The van der Waals surface area contributed by atoms with Crippen LogP contribution in [0.3, 0.4) is 0 Å². The summed E-state index contributed by atoms with van der Waals surface area (Å²) in [6.07, 6.45) is 1.85. The normalized spacial score (nSPS) is 10.5. The first-order chi connectivity index (χ1) is 15.0. The highest BCUT2D eigenvalue weighted by Crippen LogP contribution is 2.39. The van der Waals surface area contributed by atoms with E-state index in [2.05, 4.69) is 12.2 Å². The molecular formula is C23H26N2O5S. The Bertz CT molecular complexity index is 1020. The molecule has 2 aromatic carbocycles. The lowest BCUT2D eigenvalue weighted by molar-refractivity contribution is 0.102. The maximum atomic E-state index is 12.9. The molecule has 3 rings (SSSR count). The molecule has 0 unspecified atom stereocenters. The zero-order valence-electron chi connectivity index (χ0n) is 18.3. The summed E-state index contributed by atoms with van der Waals surface area (Å²) in [6.45, 7) is 2.12. The van der Waals surface area contributed by atoms with E-state index in [1.54, 1.807) is 19.2 Å². The summed E-state index contributed by atoms with van der Waals surface area (Å²) in [5, 5.41) is 3.44. The third kappa shape index (κ3) is 4.91. The topological polar surface area (TPSA) is 78.9 Å². The van der Waals surface area contributed by atoms with Crippen LogP contribution in [0.15, 0.2) is 36.4 Å². The minimum absolute atomic E-state index is 0.308. The molecule has 7 nitrogen and oxygen atoms in total. The molecule has 1 amide bonds. The zero-order chi connectivity index (χ0) is 22.4. The van der Waals surface area contributed by atoms with Gasteiger partial charge < -0.3 is 18.9 Å². The number of nitrogens with one attached hydrogen (secondary N) is 1. The van der Waals surface area contributed by atoms with Crippen molar-refractivity contribution in [2.75, 3.05) is 33.8 Å². The number of rotatable bonds is 9. The third-order valence-electron chi connectivity index (χ3n) is 4.69. The molecule has 8 heteroatoms. The lowest BCUT2D eigenvalue weighted by Gasteiger charge is -2.13. The summed E-state index contributed by atoms with van der Waals surface area (Å²) in [7, 11) is 6.18. The summed E-state index contributed by atoms with van der Waals surface area (Å²) in [4.78, 5) is 18.8. The van der Waals surface area contributed by atoms with Crippen molar-refractivity contribution in [3.63, 3.8) is 0 Å². The number of anilines is 1. The van der Waals surface area contributed by atoms with E-state index in [9.17, 15) is 4.79 Å². The Morgan fingerprint density at radius 3 is 2.13 bits per heavy atom. The van der Waals surface area contributed by atoms with Crippen molar-refractivity contribution in [1.82, 2.24) is 4.98 Å². The predicted molar refractivity (Wildman–Crippen MR) is 122 cm³/mol. The Balaban J connectivity index is 1.91. The van der Waals surface area contributed by atoms with Gasteiger partial charge in [0.15, 0.2) is 16.6 Å². The number of amides is 1. The summed E-state index contributed by atoms with van der Waals surface area (Å²) in [5.74, 6) is 1.74. The lowest BCUT2D eigenvalue weighted by Crippen LogP contribution is -2.12. The van der Waals surface area contributed by atoms with Gasteiger partial charge in [0.1, 0.15) is 5.75 Å². The molecule has 0 atom stereocenters. The SMILES string of the molecule is CCCc1sc(NC(=O)c2cc(OC)c(OC)c(OC)c2)nc1-c1ccc(OC)cc1. The van der Waals surface area contributed by atoms with Gasteiger partial charge in [-0.15, -0.1) is 11.3 Å². The minimum Gasteiger partial charge on any atom is -0.497 e. The van der Waals surface area contributed by atoms with Crippen LogP contribution in [0.5, 0.6) is 23.0 Å². The van der Waals surface area contributed by atoms with E-state index in [1.807, 2.05) is 24.3 Å². The molecule has 1 aromatic heterocycles. The fraction of sp³-hybridized carbons (Fsp3) is 0.304. The number of aryl methyl sites for hydroxylation is 1. The monoisotopic (exact) mass is 442 g/mol. The smallest absolute Gasteiger partial charge is 0.257 e. The average Bonchev–Trinajstić information content (AvgIpc) is 3.20. The van der Waals surface area contributed by atoms with Crippen LogP contribution in [0.4, 0.5) is 5.13 Å². The van der Waals surface area contributed by atoms with Gasteiger partial charge in [0.2, 0.25) is 5.75 Å². The summed E-state index contributed by atoms with van der Waals surface area (Å²) >= 11 is 1.48. The molecular weight excluding hydrogens is 416 g/mol. The zero-order valence-corrected chi connectivity index (χ0v) is 19.1. The molecule has 3 aromatic rings. The first-order valence-electron chi connectivity index (χ1n) is 9.80. The van der Waals surface area contributed by atoms with Gasteiger partial charge in [-0.2, -0.15) is 0 Å². The Labute approximate surface area is 185 Å². The second-order valence-electron chi connectivity index (χ2n) is 6.64. The molecule has 0 spiro atoms. The van der Waals surface area contributed by atoms with Crippen LogP contribution in [-0.2, 0) is 6.42 Å². The van der Waals surface area contributed by atoms with Crippen LogP contribution in [0.25, 0.3) is 11.3 Å². The molecule has 0 saturated heterocycles. The van der Waals surface area contributed by atoms with E-state index in [0.717, 1.165) is 34.7 Å². The average molecular weight is 443 g/mol. The van der Waals surface area contributed by atoms with Crippen LogP contribution in [-0.4, -0.2) is 39.3 Å². The van der Waals surface area contributed by atoms with E-state index in [1.165, 1.54) is 32.7 Å². The van der Waals surface area contributed by atoms with Crippen LogP contribution in [0.1, 0.15) is 28.6 Å². The van der Waals surface area contributed by atoms with Gasteiger partial charge in [-0.25, -0.2) is 4.98 Å². The largest absolute Gasteiger partial charge is 0.497 e. The summed E-state index contributed by atoms with van der Waals surface area (Å²) in [6, 6.07) is 11.0. The highest BCUT2D eigenvalue weighted by Gasteiger charge is 2.19. The van der Waals surface area contributed by atoms with Gasteiger partial charge in [-0.1, -0.05) is 13.3 Å². The van der Waals surface area contributed by atoms with Crippen molar-refractivity contribution in [3.8, 4) is 34.3 Å². The number of benzene rings is 2. The van der Waals surface area contributed by atoms with Crippen molar-refractivity contribution in [2.45, 2.75) is 19.8 Å². The first kappa shape index (κ1) is 22.4. The number of thiazole rings is 1. The first-order valence-corrected chi connectivity index (χ1v) is 10.6. The number of nitrogens with zero attached hydrogens (tertiary/aromatic N) is 1. The van der Waals surface area contributed by atoms with E-state index >= 15 is 0 Å². The van der Waals surface area contributed by atoms with Crippen molar-refractivity contribution < 1.29 is 23.7 Å². The molecule has 164 valence electrons. The Morgan fingerprint density at radius 1 is 0.968 bits per heavy atom. The molecule has 0 aliphatic heterocycles. The number of ether oxygens (including phenoxy) is 4. The van der Waals surface area contributed by atoms with Crippen LogP contribution in [0, 0.1) is 0 Å². The number of methoxy groups -OCH3 is 4. The van der Waals surface area contributed by atoms with Gasteiger partial charge in [-0.05, 0) is 42.8 Å². The molecule has 0 aliphatic carbocycles. The van der Waals surface area contributed by atoms with Crippen LogP contribution < -0.4 is 24.3 Å². The van der Waals surface area contributed by atoms with E-state index in [4.69, 9.17) is 23.9 Å². The minimum atomic E-state index is -0.308. The van der Waals surface area contributed by atoms with E-state index < -0.39 is 0 Å². The second kappa shape index (κ2) is 10.2. The number of hydrogen-bond donors (Lipinski definition) is 1. The van der Waals surface area contributed by atoms with Crippen molar-refractivity contribution >= 4 is 22.4 Å². The molecule has 31 heavy (non-hydrogen) atoms. The fourth-order valence-corrected chi connectivity index (χ4v) is 4.24. The molecule has 0 saturated carbocycles. The lowest BCUT2D eigenvalue weighted by atomic mass is 10.1. The molecule has 0 radical (unpaired) electrons. The Hall–Kier alpha value is -3.26. The summed E-state index contributed by atoms with van der Waals surface area (Å²) in [5.41, 5.74) is 2.23. The van der Waals surface area contributed by atoms with Crippen molar-refractivity contribution in [1.29, 1.82) is 0 Å². The Morgan fingerprint density at radius 2 is 1.61 bits per heavy atom. The number of carbonyl (C=O) groups excluding carboxylic acids is 1.